The minimum Gasteiger partial charge on any atom is -0.456 e. The van der Waals surface area contributed by atoms with Crippen molar-refractivity contribution in [3.05, 3.63) is 23.7 Å². The number of fused-ring (bicyclic) bond motifs is 1. The molecule has 0 aromatic carbocycles. The molecule has 2 aliphatic rings. The molecule has 3 heterocycles. The Labute approximate surface area is 116 Å². The van der Waals surface area contributed by atoms with Crippen LogP contribution < -0.4 is 0 Å². The normalized spacial score (nSPS) is 22.9. The van der Waals surface area contributed by atoms with Crippen molar-refractivity contribution in [3.8, 4) is 0 Å². The van der Waals surface area contributed by atoms with Crippen LogP contribution in [-0.2, 0) is 16.1 Å². The number of furan rings is 1. The van der Waals surface area contributed by atoms with Gasteiger partial charge in [0.05, 0.1) is 6.54 Å². The Bertz CT molecular complexity index is 551. The molecule has 6 nitrogen and oxygen atoms in total. The Balaban J connectivity index is 1.75. The number of piperidine rings is 1. The van der Waals surface area contributed by atoms with Crippen LogP contribution in [0.1, 0.15) is 35.6 Å². The third-order valence-corrected chi connectivity index (χ3v) is 3.89. The van der Waals surface area contributed by atoms with Crippen LogP contribution in [0.3, 0.4) is 0 Å². The van der Waals surface area contributed by atoms with E-state index in [1.807, 2.05) is 0 Å². The third kappa shape index (κ3) is 2.21. The number of hydrogen-bond donors (Lipinski definition) is 0. The van der Waals surface area contributed by atoms with E-state index in [9.17, 15) is 14.4 Å². The van der Waals surface area contributed by atoms with Crippen LogP contribution in [0.25, 0.3) is 0 Å². The van der Waals surface area contributed by atoms with Gasteiger partial charge in [0, 0.05) is 6.54 Å². The average molecular weight is 276 g/mol. The zero-order valence-corrected chi connectivity index (χ0v) is 11.1. The third-order valence-electron chi connectivity index (χ3n) is 3.89. The van der Waals surface area contributed by atoms with Gasteiger partial charge in [0.2, 0.25) is 11.8 Å². The molecule has 6 heteroatoms. The average Bonchev–Trinajstić information content (AvgIpc) is 2.92. The highest BCUT2D eigenvalue weighted by atomic mass is 16.3. The van der Waals surface area contributed by atoms with E-state index in [-0.39, 0.29) is 36.7 Å². The SMILES string of the molecule is O=Cc1ccc(CN2CC(=O)N3CCCCC3C2=O)o1. The number of hydrogen-bond acceptors (Lipinski definition) is 4. The zero-order valence-electron chi connectivity index (χ0n) is 11.1. The smallest absolute Gasteiger partial charge is 0.246 e. The second kappa shape index (κ2) is 5.11. The highest BCUT2D eigenvalue weighted by Crippen LogP contribution is 2.24. The van der Waals surface area contributed by atoms with E-state index in [0.29, 0.717) is 18.6 Å². The molecular formula is C14H16N2O4. The lowest BCUT2D eigenvalue weighted by molar-refractivity contribution is -0.158. The van der Waals surface area contributed by atoms with Crippen molar-refractivity contribution in [1.29, 1.82) is 0 Å². The molecule has 2 saturated heterocycles. The number of carbonyl (C=O) groups is 3. The summed E-state index contributed by atoms with van der Waals surface area (Å²) in [5.74, 6) is 0.734. The van der Waals surface area contributed by atoms with E-state index in [0.717, 1.165) is 19.3 Å². The van der Waals surface area contributed by atoms with E-state index in [2.05, 4.69) is 0 Å². The molecular weight excluding hydrogens is 260 g/mol. The molecule has 0 saturated carbocycles. The minimum absolute atomic E-state index is 0.00327. The Morgan fingerprint density at radius 3 is 2.90 bits per heavy atom. The van der Waals surface area contributed by atoms with Gasteiger partial charge in [0.15, 0.2) is 12.0 Å². The van der Waals surface area contributed by atoms with Gasteiger partial charge in [-0.05, 0) is 31.4 Å². The van der Waals surface area contributed by atoms with Gasteiger partial charge in [-0.15, -0.1) is 0 Å². The first-order valence-corrected chi connectivity index (χ1v) is 6.81. The largest absolute Gasteiger partial charge is 0.456 e. The standard InChI is InChI=1S/C14H16N2O4/c17-9-11-5-4-10(20-11)7-15-8-13(18)16-6-2-1-3-12(16)14(15)19/h4-5,9,12H,1-3,6-8H2. The Morgan fingerprint density at radius 2 is 2.15 bits per heavy atom. The summed E-state index contributed by atoms with van der Waals surface area (Å²) in [6, 6.07) is 2.91. The Morgan fingerprint density at radius 1 is 1.30 bits per heavy atom. The number of piperazine rings is 1. The number of carbonyl (C=O) groups excluding carboxylic acids is 3. The van der Waals surface area contributed by atoms with Gasteiger partial charge in [-0.1, -0.05) is 0 Å². The quantitative estimate of drug-likeness (QED) is 0.766. The van der Waals surface area contributed by atoms with E-state index < -0.39 is 0 Å². The molecule has 106 valence electrons. The summed E-state index contributed by atoms with van der Waals surface area (Å²) in [5.41, 5.74) is 0. The fraction of sp³-hybridized carbons (Fsp3) is 0.500. The summed E-state index contributed by atoms with van der Waals surface area (Å²) in [6.07, 6.45) is 3.30. The highest BCUT2D eigenvalue weighted by Gasteiger charge is 2.40. The van der Waals surface area contributed by atoms with Gasteiger partial charge in [0.1, 0.15) is 18.3 Å². The molecule has 1 aromatic rings. The second-order valence-electron chi connectivity index (χ2n) is 5.21. The fourth-order valence-electron chi connectivity index (χ4n) is 2.89. The molecule has 1 unspecified atom stereocenters. The summed E-state index contributed by atoms with van der Waals surface area (Å²) < 4.78 is 5.27. The molecule has 0 spiro atoms. The minimum atomic E-state index is -0.314. The number of amides is 2. The van der Waals surface area contributed by atoms with Crippen molar-refractivity contribution in [2.24, 2.45) is 0 Å². The Kier molecular flexibility index (Phi) is 3.30. The maximum absolute atomic E-state index is 12.4. The maximum atomic E-state index is 12.4. The number of aldehydes is 1. The molecule has 0 bridgehead atoms. The topological polar surface area (TPSA) is 70.8 Å². The predicted molar refractivity (Wildman–Crippen MR) is 68.9 cm³/mol. The van der Waals surface area contributed by atoms with Crippen molar-refractivity contribution < 1.29 is 18.8 Å². The summed E-state index contributed by atoms with van der Waals surface area (Å²) >= 11 is 0. The molecule has 0 aliphatic carbocycles. The molecule has 0 radical (unpaired) electrons. The molecule has 0 N–H and O–H groups in total. The lowest BCUT2D eigenvalue weighted by Crippen LogP contribution is -2.60. The molecule has 2 fully saturated rings. The van der Waals surface area contributed by atoms with Gasteiger partial charge in [-0.2, -0.15) is 0 Å². The first-order chi connectivity index (χ1) is 9.69. The van der Waals surface area contributed by atoms with Crippen LogP contribution in [-0.4, -0.2) is 47.0 Å². The van der Waals surface area contributed by atoms with Gasteiger partial charge in [-0.3, -0.25) is 14.4 Å². The highest BCUT2D eigenvalue weighted by molar-refractivity contribution is 5.95. The van der Waals surface area contributed by atoms with Crippen molar-refractivity contribution in [2.75, 3.05) is 13.1 Å². The molecule has 20 heavy (non-hydrogen) atoms. The summed E-state index contributed by atoms with van der Waals surface area (Å²) in [7, 11) is 0. The lowest BCUT2D eigenvalue weighted by Gasteiger charge is -2.42. The van der Waals surface area contributed by atoms with Gasteiger partial charge in [-0.25, -0.2) is 0 Å². The zero-order chi connectivity index (χ0) is 14.1. The monoisotopic (exact) mass is 276 g/mol. The molecule has 1 atom stereocenters. The fourth-order valence-corrected chi connectivity index (χ4v) is 2.89. The van der Waals surface area contributed by atoms with E-state index in [1.165, 1.54) is 4.90 Å². The first-order valence-electron chi connectivity index (χ1n) is 6.81. The van der Waals surface area contributed by atoms with Crippen LogP contribution in [0.5, 0.6) is 0 Å². The van der Waals surface area contributed by atoms with Crippen molar-refractivity contribution >= 4 is 18.1 Å². The van der Waals surface area contributed by atoms with Crippen LogP contribution in [0.2, 0.25) is 0 Å². The molecule has 2 amide bonds. The summed E-state index contributed by atoms with van der Waals surface area (Å²) in [6.45, 7) is 1.01. The summed E-state index contributed by atoms with van der Waals surface area (Å²) in [5, 5.41) is 0. The van der Waals surface area contributed by atoms with Gasteiger partial charge >= 0.3 is 0 Å². The molecule has 1 aromatic heterocycles. The van der Waals surface area contributed by atoms with Crippen molar-refractivity contribution in [3.63, 3.8) is 0 Å². The van der Waals surface area contributed by atoms with E-state index in [1.54, 1.807) is 17.0 Å². The summed E-state index contributed by atoms with van der Waals surface area (Å²) in [4.78, 5) is 38.3. The lowest BCUT2D eigenvalue weighted by atomic mass is 9.98. The van der Waals surface area contributed by atoms with Crippen LogP contribution in [0, 0.1) is 0 Å². The van der Waals surface area contributed by atoms with Crippen LogP contribution >= 0.6 is 0 Å². The molecule has 3 rings (SSSR count). The van der Waals surface area contributed by atoms with Gasteiger partial charge < -0.3 is 14.2 Å². The van der Waals surface area contributed by atoms with Crippen molar-refractivity contribution in [1.82, 2.24) is 9.80 Å². The van der Waals surface area contributed by atoms with Gasteiger partial charge in [0.25, 0.3) is 0 Å². The van der Waals surface area contributed by atoms with E-state index in [4.69, 9.17) is 4.42 Å². The van der Waals surface area contributed by atoms with Crippen molar-refractivity contribution in [2.45, 2.75) is 31.8 Å². The number of nitrogens with zero attached hydrogens (tertiary/aromatic N) is 2. The predicted octanol–water partition coefficient (Wildman–Crippen LogP) is 0.815. The first kappa shape index (κ1) is 12.9. The van der Waals surface area contributed by atoms with Crippen LogP contribution in [0.15, 0.2) is 16.5 Å². The maximum Gasteiger partial charge on any atom is 0.246 e. The molecule has 2 aliphatic heterocycles. The van der Waals surface area contributed by atoms with Crippen LogP contribution in [0.4, 0.5) is 0 Å². The van der Waals surface area contributed by atoms with E-state index >= 15 is 0 Å². The second-order valence-corrected chi connectivity index (χ2v) is 5.21. The number of rotatable bonds is 3. The Hall–Kier alpha value is -2.11.